The predicted octanol–water partition coefficient (Wildman–Crippen LogP) is 6.29. The van der Waals surface area contributed by atoms with Crippen LogP contribution in [0, 0.1) is 12.7 Å². The van der Waals surface area contributed by atoms with Crippen molar-refractivity contribution < 1.29 is 19.0 Å². The largest absolute Gasteiger partial charge is 0.489 e. The molecule has 1 unspecified atom stereocenters. The third-order valence-electron chi connectivity index (χ3n) is 5.88. The van der Waals surface area contributed by atoms with Crippen LogP contribution < -0.4 is 4.74 Å². The predicted molar refractivity (Wildman–Crippen MR) is 124 cm³/mol. The lowest BCUT2D eigenvalue weighted by atomic mass is 9.98. The molecule has 0 aliphatic heterocycles. The highest BCUT2D eigenvalue weighted by molar-refractivity contribution is 5.85. The van der Waals surface area contributed by atoms with Crippen LogP contribution in [0.2, 0.25) is 0 Å². The molecule has 0 spiro atoms. The van der Waals surface area contributed by atoms with Crippen molar-refractivity contribution in [3.63, 3.8) is 0 Å². The maximum Gasteiger partial charge on any atom is 0.303 e. The number of carboxylic acids is 1. The quantitative estimate of drug-likeness (QED) is 0.356. The molecule has 0 fully saturated rings. The molecule has 4 rings (SSSR count). The lowest BCUT2D eigenvalue weighted by Crippen LogP contribution is -2.04. The summed E-state index contributed by atoms with van der Waals surface area (Å²) < 4.78 is 22.5. The minimum atomic E-state index is -0.808. The second-order valence-corrected chi connectivity index (χ2v) is 8.19. The molecule has 4 aromatic rings. The summed E-state index contributed by atoms with van der Waals surface area (Å²) in [5, 5.41) is 9.58. The summed E-state index contributed by atoms with van der Waals surface area (Å²) >= 11 is 0. The number of carbonyl (C=O) groups is 1. The Balaban J connectivity index is 1.53. The Bertz CT molecular complexity index is 1230. The van der Waals surface area contributed by atoms with Gasteiger partial charge in [0.2, 0.25) is 0 Å². The van der Waals surface area contributed by atoms with Crippen molar-refractivity contribution in [2.75, 3.05) is 0 Å². The van der Waals surface area contributed by atoms with E-state index in [1.54, 1.807) is 6.20 Å². The molecule has 1 heterocycles. The van der Waals surface area contributed by atoms with E-state index in [9.17, 15) is 9.18 Å². The average Bonchev–Trinajstić information content (AvgIpc) is 3.09. The van der Waals surface area contributed by atoms with E-state index in [1.165, 1.54) is 0 Å². The van der Waals surface area contributed by atoms with Crippen molar-refractivity contribution in [3.05, 3.63) is 101 Å². The molecule has 5 heteroatoms. The smallest absolute Gasteiger partial charge is 0.303 e. The number of benzene rings is 3. The van der Waals surface area contributed by atoms with Crippen molar-refractivity contribution in [1.29, 1.82) is 0 Å². The first-order valence-electron chi connectivity index (χ1n) is 10.7. The van der Waals surface area contributed by atoms with E-state index in [-0.39, 0.29) is 18.2 Å². The van der Waals surface area contributed by atoms with Gasteiger partial charge in [-0.1, -0.05) is 55.5 Å². The fourth-order valence-electron chi connectivity index (χ4n) is 4.07. The average molecular weight is 432 g/mol. The summed E-state index contributed by atoms with van der Waals surface area (Å²) in [5.74, 6) is -0.380. The lowest BCUT2D eigenvalue weighted by molar-refractivity contribution is -0.137. The van der Waals surface area contributed by atoms with E-state index in [1.807, 2.05) is 85.1 Å². The minimum absolute atomic E-state index is 0.0569. The molecular weight excluding hydrogens is 405 g/mol. The van der Waals surface area contributed by atoms with Gasteiger partial charge in [-0.15, -0.1) is 0 Å². The van der Waals surface area contributed by atoms with Crippen LogP contribution in [0.4, 0.5) is 4.39 Å². The van der Waals surface area contributed by atoms with Gasteiger partial charge in [0.25, 0.3) is 0 Å². The van der Waals surface area contributed by atoms with E-state index in [2.05, 4.69) is 0 Å². The number of carboxylic acid groups (broad SMARTS) is 1. The Morgan fingerprint density at radius 1 is 1.06 bits per heavy atom. The molecule has 0 radical (unpaired) electrons. The maximum absolute atomic E-state index is 14.6. The molecule has 3 aromatic carbocycles. The molecule has 164 valence electrons. The summed E-state index contributed by atoms with van der Waals surface area (Å²) in [5.41, 5.74) is 4.95. The van der Waals surface area contributed by atoms with Crippen molar-refractivity contribution in [1.82, 2.24) is 4.57 Å². The summed E-state index contributed by atoms with van der Waals surface area (Å²) in [6.45, 7) is 4.86. The van der Waals surface area contributed by atoms with Crippen LogP contribution in [0.15, 0.2) is 72.9 Å². The van der Waals surface area contributed by atoms with Crippen molar-refractivity contribution in [2.45, 2.75) is 39.3 Å². The van der Waals surface area contributed by atoms with Gasteiger partial charge in [0.1, 0.15) is 18.2 Å². The van der Waals surface area contributed by atoms with E-state index >= 15 is 0 Å². The standard InChI is InChI=1S/C27H26FNO3/c1-18(14-26(30)31)21-8-11-23(12-9-21)32-17-22-10-13-24-25(28)16-29(27(24)19(22)2)15-20-6-4-3-5-7-20/h3-13,16,18H,14-15,17H2,1-2H3,(H,30,31). The fraction of sp³-hybridized carbons (Fsp3) is 0.222. The van der Waals surface area contributed by atoms with Crippen LogP contribution in [0.3, 0.4) is 0 Å². The number of ether oxygens (including phenoxy) is 1. The van der Waals surface area contributed by atoms with Crippen LogP contribution in [0.5, 0.6) is 5.75 Å². The van der Waals surface area contributed by atoms with Crippen LogP contribution in [-0.4, -0.2) is 15.6 Å². The summed E-state index contributed by atoms with van der Waals surface area (Å²) in [6.07, 6.45) is 1.66. The number of hydrogen-bond donors (Lipinski definition) is 1. The maximum atomic E-state index is 14.6. The molecule has 0 amide bonds. The number of aryl methyl sites for hydroxylation is 1. The molecule has 0 saturated heterocycles. The lowest BCUT2D eigenvalue weighted by Gasteiger charge is -2.14. The van der Waals surface area contributed by atoms with Crippen molar-refractivity contribution in [2.24, 2.45) is 0 Å². The molecule has 0 saturated carbocycles. The van der Waals surface area contributed by atoms with E-state index in [0.29, 0.717) is 24.3 Å². The van der Waals surface area contributed by atoms with Gasteiger partial charge in [-0.2, -0.15) is 0 Å². The number of hydrogen-bond acceptors (Lipinski definition) is 2. The van der Waals surface area contributed by atoms with Crippen LogP contribution in [0.1, 0.15) is 41.5 Å². The van der Waals surface area contributed by atoms with Crippen LogP contribution in [0.25, 0.3) is 10.9 Å². The Morgan fingerprint density at radius 2 is 1.78 bits per heavy atom. The summed E-state index contributed by atoms with van der Waals surface area (Å²) in [4.78, 5) is 10.9. The van der Waals surface area contributed by atoms with Gasteiger partial charge < -0.3 is 14.4 Å². The zero-order valence-corrected chi connectivity index (χ0v) is 18.2. The molecule has 0 aliphatic carbocycles. The number of fused-ring (bicyclic) bond motifs is 1. The zero-order chi connectivity index (χ0) is 22.7. The molecule has 1 N–H and O–H groups in total. The molecule has 0 aliphatic rings. The number of aromatic nitrogens is 1. The van der Waals surface area contributed by atoms with Gasteiger partial charge in [-0.25, -0.2) is 4.39 Å². The topological polar surface area (TPSA) is 51.5 Å². The highest BCUT2D eigenvalue weighted by Crippen LogP contribution is 2.28. The number of nitrogens with zero attached hydrogens (tertiary/aromatic N) is 1. The van der Waals surface area contributed by atoms with E-state index in [0.717, 1.165) is 27.8 Å². The first kappa shape index (κ1) is 21.6. The van der Waals surface area contributed by atoms with Crippen LogP contribution >= 0.6 is 0 Å². The first-order valence-corrected chi connectivity index (χ1v) is 10.7. The molecule has 32 heavy (non-hydrogen) atoms. The van der Waals surface area contributed by atoms with Gasteiger partial charge >= 0.3 is 5.97 Å². The first-order chi connectivity index (χ1) is 15.4. The monoisotopic (exact) mass is 431 g/mol. The van der Waals surface area contributed by atoms with Crippen molar-refractivity contribution in [3.8, 4) is 5.75 Å². The minimum Gasteiger partial charge on any atom is -0.489 e. The molecular formula is C27H26FNO3. The van der Waals surface area contributed by atoms with Gasteiger partial charge in [0.05, 0.1) is 11.9 Å². The van der Waals surface area contributed by atoms with Gasteiger partial charge in [-0.3, -0.25) is 4.79 Å². The molecule has 0 bridgehead atoms. The van der Waals surface area contributed by atoms with Gasteiger partial charge in [-0.05, 0) is 53.3 Å². The Labute approximate surface area is 186 Å². The Hall–Kier alpha value is -3.60. The zero-order valence-electron chi connectivity index (χ0n) is 18.2. The summed E-state index contributed by atoms with van der Waals surface area (Å²) in [7, 11) is 0. The Morgan fingerprint density at radius 3 is 2.47 bits per heavy atom. The fourth-order valence-corrected chi connectivity index (χ4v) is 4.07. The SMILES string of the molecule is Cc1c(COc2ccc(C(C)CC(=O)O)cc2)ccc2c(F)cn(Cc3ccccc3)c12. The number of halogens is 1. The van der Waals surface area contributed by atoms with Gasteiger partial charge in [0, 0.05) is 18.1 Å². The Kier molecular flexibility index (Phi) is 6.26. The molecule has 4 nitrogen and oxygen atoms in total. The second-order valence-electron chi connectivity index (χ2n) is 8.19. The third-order valence-corrected chi connectivity index (χ3v) is 5.88. The number of aliphatic carboxylic acids is 1. The highest BCUT2D eigenvalue weighted by Gasteiger charge is 2.14. The van der Waals surface area contributed by atoms with Gasteiger partial charge in [0.15, 0.2) is 0 Å². The molecule has 1 atom stereocenters. The second kappa shape index (κ2) is 9.27. The summed E-state index contributed by atoms with van der Waals surface area (Å²) in [6, 6.07) is 21.3. The van der Waals surface area contributed by atoms with E-state index in [4.69, 9.17) is 9.84 Å². The normalized spacial score (nSPS) is 12.1. The van der Waals surface area contributed by atoms with E-state index < -0.39 is 5.97 Å². The molecule has 1 aromatic heterocycles. The number of rotatable bonds is 8. The van der Waals surface area contributed by atoms with Crippen LogP contribution in [-0.2, 0) is 17.9 Å². The third kappa shape index (κ3) is 4.67. The van der Waals surface area contributed by atoms with Crippen molar-refractivity contribution >= 4 is 16.9 Å². The highest BCUT2D eigenvalue weighted by atomic mass is 19.1.